The number of likely N-dealkylation sites (N-methyl/N-ethyl adjacent to an activating group) is 1. The Labute approximate surface area is 215 Å². The highest BCUT2D eigenvalue weighted by Crippen LogP contribution is 2.42. The molecule has 0 amide bonds. The van der Waals surface area contributed by atoms with Gasteiger partial charge in [0.05, 0.1) is 20.3 Å². The van der Waals surface area contributed by atoms with Crippen LogP contribution in [0.25, 0.3) is 0 Å². The van der Waals surface area contributed by atoms with Crippen molar-refractivity contribution in [2.45, 2.75) is 44.8 Å². The van der Waals surface area contributed by atoms with Crippen molar-refractivity contribution in [2.75, 3.05) is 34.4 Å². The molecule has 5 nitrogen and oxygen atoms in total. The third kappa shape index (κ3) is 6.80. The Morgan fingerprint density at radius 1 is 0.889 bits per heavy atom. The fourth-order valence-corrected chi connectivity index (χ4v) is 5.03. The van der Waals surface area contributed by atoms with Gasteiger partial charge in [-0.2, -0.15) is 0 Å². The molecule has 0 aliphatic heterocycles. The first-order valence-corrected chi connectivity index (χ1v) is 12.9. The van der Waals surface area contributed by atoms with Gasteiger partial charge in [0.25, 0.3) is 0 Å². The third-order valence-electron chi connectivity index (χ3n) is 7.26. The highest BCUT2D eigenvalue weighted by molar-refractivity contribution is 5.49. The molecular weight excluding hydrogens is 450 g/mol. The lowest BCUT2D eigenvalue weighted by Gasteiger charge is -2.31. The molecule has 2 atom stereocenters. The van der Waals surface area contributed by atoms with Crippen LogP contribution in [0.1, 0.15) is 47.6 Å². The Hall–Kier alpha value is -3.02. The summed E-state index contributed by atoms with van der Waals surface area (Å²) in [6.07, 6.45) is 4.64. The molecular formula is C31H39NO4. The number of ether oxygens (including phenoxy) is 3. The Morgan fingerprint density at radius 3 is 2.33 bits per heavy atom. The van der Waals surface area contributed by atoms with E-state index in [2.05, 4.69) is 48.3 Å². The molecule has 1 aliphatic carbocycles. The largest absolute Gasteiger partial charge is 0.493 e. The predicted octanol–water partition coefficient (Wildman–Crippen LogP) is 5.83. The number of aliphatic hydroxyl groups is 1. The standard InChI is InChI=1S/C31H39NO4/c1-32(19-17-23-11-15-27(16-12-23)36-22-24-8-5-4-6-9-24)18-7-10-25-13-14-26-20-29(34-2)30(35-3)21-28(26)31(25)33/h4-6,8-9,11-12,15-16,20-21,25,31,33H,7,10,13-14,17-19,22H2,1-3H3. The Balaban J connectivity index is 1.18. The van der Waals surface area contributed by atoms with Gasteiger partial charge < -0.3 is 24.2 Å². The molecule has 0 radical (unpaired) electrons. The van der Waals surface area contributed by atoms with E-state index in [1.54, 1.807) is 14.2 Å². The first-order chi connectivity index (χ1) is 17.6. The lowest BCUT2D eigenvalue weighted by molar-refractivity contribution is 0.0851. The van der Waals surface area contributed by atoms with E-state index in [-0.39, 0.29) is 5.92 Å². The Kier molecular flexibility index (Phi) is 9.26. The van der Waals surface area contributed by atoms with Gasteiger partial charge in [0.15, 0.2) is 11.5 Å². The number of methoxy groups -OCH3 is 2. The van der Waals surface area contributed by atoms with Gasteiger partial charge in [0.2, 0.25) is 0 Å². The molecule has 0 saturated carbocycles. The zero-order valence-electron chi connectivity index (χ0n) is 21.8. The maximum absolute atomic E-state index is 11.0. The molecule has 5 heteroatoms. The van der Waals surface area contributed by atoms with Crippen molar-refractivity contribution in [2.24, 2.45) is 5.92 Å². The average Bonchev–Trinajstić information content (AvgIpc) is 2.92. The molecule has 1 N–H and O–H groups in total. The summed E-state index contributed by atoms with van der Waals surface area (Å²) in [6.45, 7) is 2.63. The van der Waals surface area contributed by atoms with Crippen LogP contribution in [-0.4, -0.2) is 44.4 Å². The summed E-state index contributed by atoms with van der Waals surface area (Å²) in [4.78, 5) is 2.39. The first-order valence-electron chi connectivity index (χ1n) is 12.9. The van der Waals surface area contributed by atoms with Crippen LogP contribution in [0.3, 0.4) is 0 Å². The van der Waals surface area contributed by atoms with Crippen LogP contribution in [0.15, 0.2) is 66.7 Å². The number of aliphatic hydroxyl groups excluding tert-OH is 1. The van der Waals surface area contributed by atoms with Crippen molar-refractivity contribution in [3.8, 4) is 17.2 Å². The molecule has 1 aliphatic rings. The summed E-state index contributed by atoms with van der Waals surface area (Å²) >= 11 is 0. The van der Waals surface area contributed by atoms with Gasteiger partial charge in [0, 0.05) is 6.54 Å². The molecule has 2 unspecified atom stereocenters. The molecule has 0 heterocycles. The van der Waals surface area contributed by atoms with Crippen molar-refractivity contribution in [1.82, 2.24) is 4.90 Å². The average molecular weight is 490 g/mol. The van der Waals surface area contributed by atoms with Crippen molar-refractivity contribution in [1.29, 1.82) is 0 Å². The van der Waals surface area contributed by atoms with Gasteiger partial charge in [0.1, 0.15) is 12.4 Å². The molecule has 0 spiro atoms. The van der Waals surface area contributed by atoms with Crippen LogP contribution in [0, 0.1) is 5.92 Å². The van der Waals surface area contributed by atoms with Gasteiger partial charge in [-0.15, -0.1) is 0 Å². The van der Waals surface area contributed by atoms with Gasteiger partial charge in [-0.25, -0.2) is 0 Å². The zero-order valence-corrected chi connectivity index (χ0v) is 21.8. The monoisotopic (exact) mass is 489 g/mol. The topological polar surface area (TPSA) is 51.2 Å². The molecule has 0 saturated heterocycles. The van der Waals surface area contributed by atoms with Gasteiger partial charge in [-0.05, 0) is 98.1 Å². The van der Waals surface area contributed by atoms with E-state index in [9.17, 15) is 5.11 Å². The highest BCUT2D eigenvalue weighted by Gasteiger charge is 2.29. The minimum absolute atomic E-state index is 0.285. The van der Waals surface area contributed by atoms with Gasteiger partial charge in [-0.3, -0.25) is 0 Å². The molecule has 0 aromatic heterocycles. The zero-order chi connectivity index (χ0) is 25.3. The number of fused-ring (bicyclic) bond motifs is 1. The van der Waals surface area contributed by atoms with Crippen molar-refractivity contribution in [3.63, 3.8) is 0 Å². The van der Waals surface area contributed by atoms with E-state index >= 15 is 0 Å². The summed E-state index contributed by atoms with van der Waals surface area (Å²) in [5, 5.41) is 11.0. The molecule has 0 fully saturated rings. The van der Waals surface area contributed by atoms with E-state index in [0.717, 1.165) is 62.3 Å². The third-order valence-corrected chi connectivity index (χ3v) is 7.26. The van der Waals surface area contributed by atoms with Crippen LogP contribution in [-0.2, 0) is 19.4 Å². The lowest BCUT2D eigenvalue weighted by Crippen LogP contribution is -2.25. The van der Waals surface area contributed by atoms with E-state index in [0.29, 0.717) is 12.4 Å². The molecule has 3 aromatic rings. The number of hydrogen-bond acceptors (Lipinski definition) is 5. The summed E-state index contributed by atoms with van der Waals surface area (Å²) in [7, 11) is 5.47. The van der Waals surface area contributed by atoms with Gasteiger partial charge >= 0.3 is 0 Å². The number of rotatable bonds is 12. The number of nitrogens with zero attached hydrogens (tertiary/aromatic N) is 1. The summed E-state index contributed by atoms with van der Waals surface area (Å²) in [5.74, 6) is 2.61. The normalized spacial score (nSPS) is 17.0. The number of aryl methyl sites for hydroxylation is 1. The van der Waals surface area contributed by atoms with Crippen molar-refractivity contribution >= 4 is 0 Å². The van der Waals surface area contributed by atoms with Crippen LogP contribution in [0.2, 0.25) is 0 Å². The van der Waals surface area contributed by atoms with Crippen LogP contribution in [0.5, 0.6) is 17.2 Å². The fourth-order valence-electron chi connectivity index (χ4n) is 5.03. The summed E-state index contributed by atoms with van der Waals surface area (Å²) in [5.41, 5.74) is 4.66. The number of hydrogen-bond donors (Lipinski definition) is 1. The smallest absolute Gasteiger partial charge is 0.161 e. The van der Waals surface area contributed by atoms with Crippen LogP contribution >= 0.6 is 0 Å². The molecule has 0 bridgehead atoms. The molecule has 36 heavy (non-hydrogen) atoms. The van der Waals surface area contributed by atoms with Crippen molar-refractivity contribution < 1.29 is 19.3 Å². The van der Waals surface area contributed by atoms with E-state index < -0.39 is 6.10 Å². The van der Waals surface area contributed by atoms with E-state index in [4.69, 9.17) is 14.2 Å². The minimum atomic E-state index is -0.443. The maximum atomic E-state index is 11.0. The second-order valence-electron chi connectivity index (χ2n) is 9.76. The molecule has 4 rings (SSSR count). The summed E-state index contributed by atoms with van der Waals surface area (Å²) in [6, 6.07) is 22.6. The van der Waals surface area contributed by atoms with E-state index in [1.807, 2.05) is 30.3 Å². The molecule has 3 aromatic carbocycles. The Morgan fingerprint density at radius 2 is 1.61 bits per heavy atom. The minimum Gasteiger partial charge on any atom is -0.493 e. The predicted molar refractivity (Wildman–Crippen MR) is 144 cm³/mol. The molecule has 192 valence electrons. The van der Waals surface area contributed by atoms with Crippen molar-refractivity contribution in [3.05, 3.63) is 89.0 Å². The second kappa shape index (κ2) is 12.8. The SMILES string of the molecule is COc1cc2c(cc1OC)C(O)C(CCCN(C)CCc1ccc(OCc3ccccc3)cc1)CC2. The highest BCUT2D eigenvalue weighted by atomic mass is 16.5. The van der Waals surface area contributed by atoms with Crippen LogP contribution in [0.4, 0.5) is 0 Å². The van der Waals surface area contributed by atoms with Gasteiger partial charge in [-0.1, -0.05) is 42.5 Å². The Bertz CT molecular complexity index is 1080. The second-order valence-corrected chi connectivity index (χ2v) is 9.76. The summed E-state index contributed by atoms with van der Waals surface area (Å²) < 4.78 is 16.8. The maximum Gasteiger partial charge on any atom is 0.161 e. The van der Waals surface area contributed by atoms with Crippen LogP contribution < -0.4 is 14.2 Å². The first kappa shape index (κ1) is 26.1. The number of benzene rings is 3. The fraction of sp³-hybridized carbons (Fsp3) is 0.419. The lowest BCUT2D eigenvalue weighted by atomic mass is 9.79. The van der Waals surface area contributed by atoms with E-state index in [1.165, 1.54) is 16.7 Å². The quantitative estimate of drug-likeness (QED) is 0.347.